The molecule has 0 bridgehead atoms. The molecule has 0 radical (unpaired) electrons. The summed E-state index contributed by atoms with van der Waals surface area (Å²) in [6.07, 6.45) is 3.96. The van der Waals surface area contributed by atoms with Crippen molar-refractivity contribution in [1.29, 1.82) is 0 Å². The van der Waals surface area contributed by atoms with Crippen molar-refractivity contribution in [3.63, 3.8) is 0 Å². The first-order valence-electron chi connectivity index (χ1n) is 7.22. The molecule has 2 aliphatic rings. The number of nitrogens with one attached hydrogen (secondary N) is 1. The molecule has 2 N–H and O–H groups in total. The Balaban J connectivity index is 1.43. The lowest BCUT2D eigenvalue weighted by molar-refractivity contribution is 0.0690. The van der Waals surface area contributed by atoms with Gasteiger partial charge in [0, 0.05) is 19.6 Å². The van der Waals surface area contributed by atoms with Crippen LogP contribution in [0.5, 0.6) is 0 Å². The Morgan fingerprint density at radius 3 is 2.76 bits per heavy atom. The fraction of sp³-hybridized carbons (Fsp3) is 0.692. The van der Waals surface area contributed by atoms with E-state index in [4.69, 9.17) is 5.11 Å². The van der Waals surface area contributed by atoms with Crippen LogP contribution in [0.1, 0.15) is 36.3 Å². The van der Waals surface area contributed by atoms with E-state index < -0.39 is 5.97 Å². The van der Waals surface area contributed by atoms with E-state index in [9.17, 15) is 9.59 Å². The van der Waals surface area contributed by atoms with Crippen LogP contribution >= 0.6 is 0 Å². The summed E-state index contributed by atoms with van der Waals surface area (Å²) in [6.45, 7) is 3.95. The molecule has 1 aromatic heterocycles. The lowest BCUT2D eigenvalue weighted by Gasteiger charge is -2.38. The number of hydrogen-bond donors (Lipinski definition) is 2. The van der Waals surface area contributed by atoms with Crippen molar-refractivity contribution >= 4 is 12.0 Å². The molecule has 2 fully saturated rings. The van der Waals surface area contributed by atoms with Crippen LogP contribution in [0, 0.1) is 11.8 Å². The lowest BCUT2D eigenvalue weighted by atomic mass is 10.1. The summed E-state index contributed by atoms with van der Waals surface area (Å²) in [7, 11) is 0. The maximum Gasteiger partial charge on any atom is 0.358 e. The summed E-state index contributed by atoms with van der Waals surface area (Å²) in [6, 6.07) is -0.0467. The van der Waals surface area contributed by atoms with Gasteiger partial charge in [0.25, 0.3) is 0 Å². The molecule has 1 unspecified atom stereocenters. The Hall–Kier alpha value is -2.12. The van der Waals surface area contributed by atoms with E-state index in [1.54, 1.807) is 4.90 Å². The van der Waals surface area contributed by atoms with Crippen molar-refractivity contribution in [2.75, 3.05) is 19.6 Å². The molecule has 1 aliphatic heterocycles. The Labute approximate surface area is 122 Å². The van der Waals surface area contributed by atoms with Gasteiger partial charge in [0.15, 0.2) is 5.69 Å². The molecule has 2 amide bonds. The minimum atomic E-state index is -1.09. The minimum Gasteiger partial charge on any atom is -0.476 e. The average molecular weight is 293 g/mol. The third-order valence-electron chi connectivity index (χ3n) is 4.26. The van der Waals surface area contributed by atoms with Crippen LogP contribution in [-0.2, 0) is 0 Å². The summed E-state index contributed by atoms with van der Waals surface area (Å²) < 4.78 is 1.51. The normalized spacial score (nSPS) is 20.0. The van der Waals surface area contributed by atoms with Gasteiger partial charge >= 0.3 is 12.0 Å². The number of aromatic nitrogens is 3. The molecule has 1 aliphatic carbocycles. The number of aromatic carboxylic acids is 1. The van der Waals surface area contributed by atoms with Crippen LogP contribution in [-0.4, -0.2) is 56.6 Å². The van der Waals surface area contributed by atoms with E-state index in [-0.39, 0.29) is 17.8 Å². The van der Waals surface area contributed by atoms with Gasteiger partial charge in [-0.2, -0.15) is 0 Å². The highest BCUT2D eigenvalue weighted by molar-refractivity contribution is 5.84. The molecule has 1 aromatic rings. The molecule has 1 saturated carbocycles. The molecule has 0 spiro atoms. The van der Waals surface area contributed by atoms with Gasteiger partial charge in [-0.05, 0) is 24.7 Å². The Morgan fingerprint density at radius 1 is 1.48 bits per heavy atom. The van der Waals surface area contributed by atoms with E-state index >= 15 is 0 Å². The molecule has 1 saturated heterocycles. The molecule has 21 heavy (non-hydrogen) atoms. The molecule has 3 rings (SSSR count). The van der Waals surface area contributed by atoms with Gasteiger partial charge in [-0.3, -0.25) is 0 Å². The van der Waals surface area contributed by atoms with Gasteiger partial charge in [0.1, 0.15) is 0 Å². The zero-order valence-corrected chi connectivity index (χ0v) is 11.9. The molecular weight excluding hydrogens is 274 g/mol. The second-order valence-corrected chi connectivity index (χ2v) is 5.95. The van der Waals surface area contributed by atoms with E-state index in [1.165, 1.54) is 23.7 Å². The van der Waals surface area contributed by atoms with Crippen LogP contribution in [0.25, 0.3) is 0 Å². The average Bonchev–Trinajstić information content (AvgIpc) is 3.13. The van der Waals surface area contributed by atoms with Crippen molar-refractivity contribution in [2.45, 2.75) is 25.8 Å². The van der Waals surface area contributed by atoms with Crippen molar-refractivity contribution in [3.8, 4) is 0 Å². The smallest absolute Gasteiger partial charge is 0.358 e. The monoisotopic (exact) mass is 293 g/mol. The molecule has 114 valence electrons. The molecular formula is C13H19N5O3. The maximum absolute atomic E-state index is 11.9. The largest absolute Gasteiger partial charge is 0.476 e. The van der Waals surface area contributed by atoms with Gasteiger partial charge in [0.05, 0.1) is 12.2 Å². The van der Waals surface area contributed by atoms with Crippen LogP contribution in [0.4, 0.5) is 4.79 Å². The topological polar surface area (TPSA) is 100 Å². The first-order chi connectivity index (χ1) is 10.0. The summed E-state index contributed by atoms with van der Waals surface area (Å²) in [4.78, 5) is 24.4. The third kappa shape index (κ3) is 2.98. The standard InChI is InChI=1S/C13H19N5O3/c1-8(9-2-3-9)4-14-13(21)17-5-10(6-17)18-7-11(12(19)20)15-16-18/h7-10H,2-6H2,1H3,(H,14,21)(H,19,20). The van der Waals surface area contributed by atoms with E-state index in [1.807, 2.05) is 0 Å². The summed E-state index contributed by atoms with van der Waals surface area (Å²) >= 11 is 0. The second-order valence-electron chi connectivity index (χ2n) is 5.95. The van der Waals surface area contributed by atoms with Crippen LogP contribution < -0.4 is 5.32 Å². The molecule has 8 nitrogen and oxygen atoms in total. The zero-order chi connectivity index (χ0) is 15.0. The number of urea groups is 1. The number of rotatable bonds is 5. The second kappa shape index (κ2) is 5.34. The number of carboxylic acid groups (broad SMARTS) is 1. The van der Waals surface area contributed by atoms with Gasteiger partial charge in [0.2, 0.25) is 0 Å². The molecule has 2 heterocycles. The van der Waals surface area contributed by atoms with Gasteiger partial charge in [-0.1, -0.05) is 12.1 Å². The number of nitrogens with zero attached hydrogens (tertiary/aromatic N) is 4. The first kappa shape index (κ1) is 13.8. The van der Waals surface area contributed by atoms with E-state index in [2.05, 4.69) is 22.6 Å². The zero-order valence-electron chi connectivity index (χ0n) is 11.9. The number of carbonyl (C=O) groups excluding carboxylic acids is 1. The Morgan fingerprint density at radius 2 is 2.19 bits per heavy atom. The fourth-order valence-corrected chi connectivity index (χ4v) is 2.53. The highest BCUT2D eigenvalue weighted by atomic mass is 16.4. The summed E-state index contributed by atoms with van der Waals surface area (Å²) in [5.41, 5.74) is -0.0730. The number of amides is 2. The number of likely N-dealkylation sites (tertiary alicyclic amines) is 1. The van der Waals surface area contributed by atoms with Crippen LogP contribution in [0.2, 0.25) is 0 Å². The van der Waals surface area contributed by atoms with Crippen molar-refractivity contribution < 1.29 is 14.7 Å². The third-order valence-corrected chi connectivity index (χ3v) is 4.26. The maximum atomic E-state index is 11.9. The van der Waals surface area contributed by atoms with Crippen molar-refractivity contribution in [3.05, 3.63) is 11.9 Å². The number of carboxylic acids is 1. The minimum absolute atomic E-state index is 0.0113. The van der Waals surface area contributed by atoms with Crippen molar-refractivity contribution in [1.82, 2.24) is 25.2 Å². The van der Waals surface area contributed by atoms with Gasteiger partial charge in [-0.25, -0.2) is 14.3 Å². The highest BCUT2D eigenvalue weighted by Gasteiger charge is 2.34. The highest BCUT2D eigenvalue weighted by Crippen LogP contribution is 2.36. The lowest BCUT2D eigenvalue weighted by Crippen LogP contribution is -2.54. The van der Waals surface area contributed by atoms with E-state index in [0.717, 1.165) is 12.5 Å². The predicted molar refractivity (Wildman–Crippen MR) is 72.9 cm³/mol. The molecule has 0 aromatic carbocycles. The number of hydrogen-bond acceptors (Lipinski definition) is 4. The summed E-state index contributed by atoms with van der Waals surface area (Å²) in [5, 5.41) is 19.1. The van der Waals surface area contributed by atoms with E-state index in [0.29, 0.717) is 19.0 Å². The first-order valence-corrected chi connectivity index (χ1v) is 7.22. The van der Waals surface area contributed by atoms with Crippen LogP contribution in [0.3, 0.4) is 0 Å². The quantitative estimate of drug-likeness (QED) is 0.827. The molecule has 1 atom stereocenters. The van der Waals surface area contributed by atoms with Crippen LogP contribution in [0.15, 0.2) is 6.20 Å². The van der Waals surface area contributed by atoms with Crippen molar-refractivity contribution in [2.24, 2.45) is 11.8 Å². The SMILES string of the molecule is CC(CNC(=O)N1CC(n2cc(C(=O)O)nn2)C1)C1CC1. The molecule has 8 heteroatoms. The predicted octanol–water partition coefficient (Wildman–Crippen LogP) is 0.589. The van der Waals surface area contributed by atoms with Gasteiger partial charge in [-0.15, -0.1) is 5.10 Å². The summed E-state index contributed by atoms with van der Waals surface area (Å²) in [5.74, 6) is 0.225. The fourth-order valence-electron chi connectivity index (χ4n) is 2.53. The Bertz CT molecular complexity index is 548. The Kier molecular flexibility index (Phi) is 3.52. The van der Waals surface area contributed by atoms with Gasteiger partial charge < -0.3 is 15.3 Å². The number of carbonyl (C=O) groups is 2.